The van der Waals surface area contributed by atoms with Crippen molar-refractivity contribution in [2.75, 3.05) is 19.7 Å². The van der Waals surface area contributed by atoms with Gasteiger partial charge in [0, 0.05) is 19.0 Å². The smallest absolute Gasteiger partial charge is 0.125 e. The molecule has 56 valence electrons. The van der Waals surface area contributed by atoms with Gasteiger partial charge in [-0.3, -0.25) is 0 Å². The van der Waals surface area contributed by atoms with E-state index in [-0.39, 0.29) is 11.5 Å². The lowest BCUT2D eigenvalue weighted by molar-refractivity contribution is -0.111. The Labute approximate surface area is 59.7 Å². The Kier molecular flexibility index (Phi) is 1.28. The van der Waals surface area contributed by atoms with Gasteiger partial charge in [0.2, 0.25) is 0 Å². The van der Waals surface area contributed by atoms with E-state index in [0.717, 1.165) is 25.8 Å². The first-order valence-corrected chi connectivity index (χ1v) is 3.65. The van der Waals surface area contributed by atoms with Crippen LogP contribution in [-0.4, -0.2) is 31.6 Å². The molecule has 0 aromatic carbocycles. The van der Waals surface area contributed by atoms with Gasteiger partial charge in [0.1, 0.15) is 6.29 Å². The van der Waals surface area contributed by atoms with Crippen LogP contribution in [-0.2, 0) is 9.53 Å². The van der Waals surface area contributed by atoms with Crippen LogP contribution in [0.25, 0.3) is 0 Å². The third kappa shape index (κ3) is 0.777. The van der Waals surface area contributed by atoms with Crippen LogP contribution in [0.3, 0.4) is 0 Å². The van der Waals surface area contributed by atoms with Gasteiger partial charge < -0.3 is 14.8 Å². The molecule has 1 atom stereocenters. The highest BCUT2D eigenvalue weighted by atomic mass is 16.5. The molecule has 2 saturated heterocycles. The second-order valence-corrected chi connectivity index (χ2v) is 3.20. The molecule has 2 aliphatic rings. The fourth-order valence-electron chi connectivity index (χ4n) is 1.62. The molecule has 10 heavy (non-hydrogen) atoms. The van der Waals surface area contributed by atoms with Crippen molar-refractivity contribution in [3.8, 4) is 0 Å². The van der Waals surface area contributed by atoms with E-state index in [9.17, 15) is 4.79 Å². The minimum Gasteiger partial charge on any atom is -0.372 e. The lowest BCUT2D eigenvalue weighted by Crippen LogP contribution is -2.59. The summed E-state index contributed by atoms with van der Waals surface area (Å²) in [7, 11) is 0. The second-order valence-electron chi connectivity index (χ2n) is 3.20. The van der Waals surface area contributed by atoms with Crippen LogP contribution in [0.15, 0.2) is 0 Å². The van der Waals surface area contributed by atoms with Gasteiger partial charge >= 0.3 is 0 Å². The topological polar surface area (TPSA) is 38.3 Å². The molecular formula is C7H11NO2. The lowest BCUT2D eigenvalue weighted by Gasteiger charge is -2.38. The molecular weight excluding hydrogens is 130 g/mol. The average molecular weight is 141 g/mol. The summed E-state index contributed by atoms with van der Waals surface area (Å²) in [4.78, 5) is 10.3. The van der Waals surface area contributed by atoms with Crippen molar-refractivity contribution < 1.29 is 9.53 Å². The monoisotopic (exact) mass is 141 g/mol. The van der Waals surface area contributed by atoms with Crippen molar-refractivity contribution in [3.05, 3.63) is 0 Å². The largest absolute Gasteiger partial charge is 0.372 e. The van der Waals surface area contributed by atoms with Gasteiger partial charge in [0.05, 0.1) is 12.2 Å². The molecule has 0 aliphatic carbocycles. The van der Waals surface area contributed by atoms with E-state index in [0.29, 0.717) is 6.61 Å². The number of hydrogen-bond acceptors (Lipinski definition) is 3. The summed E-state index contributed by atoms with van der Waals surface area (Å²) in [6.07, 6.45) is 1.93. The third-order valence-corrected chi connectivity index (χ3v) is 2.32. The van der Waals surface area contributed by atoms with Gasteiger partial charge in [-0.15, -0.1) is 0 Å². The number of hydrogen-bond donors (Lipinski definition) is 1. The van der Waals surface area contributed by atoms with E-state index in [4.69, 9.17) is 4.74 Å². The molecule has 2 aliphatic heterocycles. The minimum atomic E-state index is 0.0472. The van der Waals surface area contributed by atoms with Crippen LogP contribution in [0.1, 0.15) is 6.42 Å². The fraction of sp³-hybridized carbons (Fsp3) is 0.857. The van der Waals surface area contributed by atoms with Crippen molar-refractivity contribution in [3.63, 3.8) is 0 Å². The maximum absolute atomic E-state index is 10.3. The highest BCUT2D eigenvalue weighted by Crippen LogP contribution is 2.31. The molecule has 2 rings (SSSR count). The summed E-state index contributed by atoms with van der Waals surface area (Å²) < 4.78 is 5.49. The average Bonchev–Trinajstić information content (AvgIpc) is 2.29. The predicted molar refractivity (Wildman–Crippen MR) is 35.7 cm³/mol. The molecule has 0 aromatic heterocycles. The van der Waals surface area contributed by atoms with Gasteiger partial charge in [-0.05, 0) is 6.42 Å². The van der Waals surface area contributed by atoms with Crippen LogP contribution in [0, 0.1) is 5.92 Å². The van der Waals surface area contributed by atoms with E-state index in [1.54, 1.807) is 0 Å². The van der Waals surface area contributed by atoms with Crippen LogP contribution in [0.2, 0.25) is 0 Å². The predicted octanol–water partition coefficient (Wildman–Crippen LogP) is -0.436. The zero-order chi connectivity index (χ0) is 7.03. The molecule has 0 bridgehead atoms. The molecule has 0 amide bonds. The maximum atomic E-state index is 10.3. The lowest BCUT2D eigenvalue weighted by atomic mass is 9.90. The van der Waals surface area contributed by atoms with Gasteiger partial charge in [-0.1, -0.05) is 0 Å². The van der Waals surface area contributed by atoms with Crippen molar-refractivity contribution in [2.45, 2.75) is 12.0 Å². The summed E-state index contributed by atoms with van der Waals surface area (Å²) in [6, 6.07) is 0. The SMILES string of the molecule is O=CC1COC2(CNC2)C1. The van der Waals surface area contributed by atoms with E-state index in [1.165, 1.54) is 0 Å². The van der Waals surface area contributed by atoms with E-state index in [2.05, 4.69) is 5.32 Å². The van der Waals surface area contributed by atoms with E-state index in [1.807, 2.05) is 0 Å². The Morgan fingerprint density at radius 2 is 2.40 bits per heavy atom. The Hall–Kier alpha value is -0.410. The maximum Gasteiger partial charge on any atom is 0.125 e. The van der Waals surface area contributed by atoms with Crippen LogP contribution >= 0.6 is 0 Å². The molecule has 3 heteroatoms. The molecule has 1 spiro atoms. The van der Waals surface area contributed by atoms with Crippen molar-refractivity contribution >= 4 is 6.29 Å². The molecule has 3 nitrogen and oxygen atoms in total. The zero-order valence-corrected chi connectivity index (χ0v) is 5.80. The molecule has 0 radical (unpaired) electrons. The van der Waals surface area contributed by atoms with E-state index < -0.39 is 0 Å². The number of ether oxygens (including phenoxy) is 1. The summed E-state index contributed by atoms with van der Waals surface area (Å²) in [5.41, 5.74) is 0.0472. The van der Waals surface area contributed by atoms with E-state index >= 15 is 0 Å². The van der Waals surface area contributed by atoms with Crippen LogP contribution in [0.5, 0.6) is 0 Å². The van der Waals surface area contributed by atoms with Gasteiger partial charge in [0.15, 0.2) is 0 Å². The standard InChI is InChI=1S/C7H11NO2/c9-2-6-1-7(10-3-6)4-8-5-7/h2,6,8H,1,3-5H2. The Morgan fingerprint density at radius 1 is 1.60 bits per heavy atom. The van der Waals surface area contributed by atoms with Crippen LogP contribution < -0.4 is 5.32 Å². The number of carbonyl (C=O) groups excluding carboxylic acids is 1. The Morgan fingerprint density at radius 3 is 2.70 bits per heavy atom. The highest BCUT2D eigenvalue weighted by Gasteiger charge is 2.44. The quantitative estimate of drug-likeness (QED) is 0.503. The van der Waals surface area contributed by atoms with Gasteiger partial charge in [-0.25, -0.2) is 0 Å². The molecule has 0 saturated carbocycles. The summed E-state index contributed by atoms with van der Waals surface area (Å²) in [5, 5.41) is 3.15. The molecule has 2 heterocycles. The first kappa shape index (κ1) is 6.31. The molecule has 1 N–H and O–H groups in total. The first-order chi connectivity index (χ1) is 4.85. The number of nitrogens with one attached hydrogen (secondary N) is 1. The van der Waals surface area contributed by atoms with Gasteiger partial charge in [0.25, 0.3) is 0 Å². The van der Waals surface area contributed by atoms with Crippen LogP contribution in [0.4, 0.5) is 0 Å². The summed E-state index contributed by atoms with van der Waals surface area (Å²) in [6.45, 7) is 2.49. The first-order valence-electron chi connectivity index (χ1n) is 3.65. The number of rotatable bonds is 1. The van der Waals surface area contributed by atoms with Crippen molar-refractivity contribution in [1.82, 2.24) is 5.32 Å². The molecule has 2 fully saturated rings. The Bertz CT molecular complexity index is 154. The minimum absolute atomic E-state index is 0.0472. The third-order valence-electron chi connectivity index (χ3n) is 2.32. The van der Waals surface area contributed by atoms with Crippen molar-refractivity contribution in [2.24, 2.45) is 5.92 Å². The number of carbonyl (C=O) groups is 1. The number of aldehydes is 1. The highest BCUT2D eigenvalue weighted by molar-refractivity contribution is 5.54. The zero-order valence-electron chi connectivity index (χ0n) is 5.80. The summed E-state index contributed by atoms with van der Waals surface area (Å²) >= 11 is 0. The molecule has 1 unspecified atom stereocenters. The summed E-state index contributed by atoms with van der Waals surface area (Å²) in [5.74, 6) is 0.155. The van der Waals surface area contributed by atoms with Gasteiger partial charge in [-0.2, -0.15) is 0 Å². The molecule has 0 aromatic rings. The fourth-order valence-corrected chi connectivity index (χ4v) is 1.62. The Balaban J connectivity index is 1.98. The van der Waals surface area contributed by atoms with Crippen molar-refractivity contribution in [1.29, 1.82) is 0 Å². The second kappa shape index (κ2) is 2.04. The normalized spacial score (nSPS) is 35.8.